The van der Waals surface area contributed by atoms with Crippen LogP contribution in [0.3, 0.4) is 0 Å². The van der Waals surface area contributed by atoms with E-state index in [9.17, 15) is 22.8 Å². The molecule has 3 heterocycles. The second kappa shape index (κ2) is 10.4. The van der Waals surface area contributed by atoms with Crippen molar-refractivity contribution in [2.75, 3.05) is 18.2 Å². The molecular formula is C27H19F3N6O4. The molecule has 0 aliphatic carbocycles. The third kappa shape index (κ3) is 5.38. The lowest BCUT2D eigenvalue weighted by atomic mass is 10.1. The van der Waals surface area contributed by atoms with Crippen molar-refractivity contribution in [2.45, 2.75) is 6.36 Å². The highest BCUT2D eigenvalue weighted by Crippen LogP contribution is 2.34. The van der Waals surface area contributed by atoms with Crippen molar-refractivity contribution in [3.63, 3.8) is 0 Å². The van der Waals surface area contributed by atoms with Crippen molar-refractivity contribution in [1.82, 2.24) is 19.5 Å². The number of fused-ring (bicyclic) bond motifs is 1. The Morgan fingerprint density at radius 3 is 2.38 bits per heavy atom. The molecule has 0 aliphatic heterocycles. The number of nitrogen functional groups attached to an aromatic ring is 1. The molecule has 1 amide bonds. The third-order valence-corrected chi connectivity index (χ3v) is 5.75. The molecule has 0 bridgehead atoms. The lowest BCUT2D eigenvalue weighted by Crippen LogP contribution is -2.17. The summed E-state index contributed by atoms with van der Waals surface area (Å²) in [6.07, 6.45) is -1.95. The number of esters is 1. The fraction of sp³-hybridized carbons (Fsp3) is 0.0741. The number of nitrogens with two attached hydrogens (primary N) is 1. The van der Waals surface area contributed by atoms with E-state index < -0.39 is 24.0 Å². The van der Waals surface area contributed by atoms with Crippen molar-refractivity contribution in [3.8, 4) is 22.8 Å². The molecule has 3 aromatic heterocycles. The number of ether oxygens (including phenoxy) is 2. The fourth-order valence-electron chi connectivity index (χ4n) is 3.96. The Hall–Kier alpha value is -5.46. The van der Waals surface area contributed by atoms with Gasteiger partial charge in [0, 0.05) is 17.8 Å². The monoisotopic (exact) mass is 548 g/mol. The number of aromatic nitrogens is 4. The molecule has 2 aromatic carbocycles. The number of rotatable bonds is 6. The van der Waals surface area contributed by atoms with Crippen LogP contribution in [0.5, 0.6) is 5.75 Å². The minimum absolute atomic E-state index is 0.167. The number of halogens is 3. The number of alkyl halides is 3. The van der Waals surface area contributed by atoms with Crippen LogP contribution in [-0.4, -0.2) is 44.9 Å². The summed E-state index contributed by atoms with van der Waals surface area (Å²) in [5.74, 6) is -0.737. The number of pyridine rings is 2. The van der Waals surface area contributed by atoms with E-state index in [-0.39, 0.29) is 17.2 Å². The number of benzene rings is 2. The largest absolute Gasteiger partial charge is 0.573 e. The number of hydrogen-bond acceptors (Lipinski definition) is 8. The summed E-state index contributed by atoms with van der Waals surface area (Å²) in [6, 6.07) is 16.1. The molecule has 3 N–H and O–H groups in total. The molecule has 5 rings (SSSR count). The average Bonchev–Trinajstić information content (AvgIpc) is 3.31. The van der Waals surface area contributed by atoms with Gasteiger partial charge in [0.1, 0.15) is 23.2 Å². The van der Waals surface area contributed by atoms with Crippen molar-refractivity contribution in [1.29, 1.82) is 0 Å². The van der Waals surface area contributed by atoms with E-state index in [1.54, 1.807) is 22.8 Å². The summed E-state index contributed by atoms with van der Waals surface area (Å²) in [7, 11) is 1.26. The Morgan fingerprint density at radius 1 is 0.975 bits per heavy atom. The highest BCUT2D eigenvalue weighted by atomic mass is 19.4. The van der Waals surface area contributed by atoms with Gasteiger partial charge in [0.25, 0.3) is 5.91 Å². The second-order valence-electron chi connectivity index (χ2n) is 8.33. The van der Waals surface area contributed by atoms with Crippen LogP contribution in [0.1, 0.15) is 20.7 Å². The number of carbonyl (C=O) groups is 2. The maximum atomic E-state index is 12.9. The summed E-state index contributed by atoms with van der Waals surface area (Å²) < 4.78 is 49.0. The summed E-state index contributed by atoms with van der Waals surface area (Å²) in [4.78, 5) is 37.2. The van der Waals surface area contributed by atoms with Crippen LogP contribution in [0.15, 0.2) is 79.1 Å². The van der Waals surface area contributed by atoms with Gasteiger partial charge in [-0.3, -0.25) is 9.36 Å². The van der Waals surface area contributed by atoms with Gasteiger partial charge in [-0.1, -0.05) is 0 Å². The molecule has 0 saturated heterocycles. The number of imidazole rings is 1. The minimum Gasteiger partial charge on any atom is -0.465 e. The first-order chi connectivity index (χ1) is 19.1. The fourth-order valence-corrected chi connectivity index (χ4v) is 3.96. The maximum Gasteiger partial charge on any atom is 0.573 e. The first kappa shape index (κ1) is 26.2. The van der Waals surface area contributed by atoms with Crippen LogP contribution in [0.2, 0.25) is 0 Å². The first-order valence-electron chi connectivity index (χ1n) is 11.6. The van der Waals surface area contributed by atoms with Gasteiger partial charge in [-0.2, -0.15) is 0 Å². The van der Waals surface area contributed by atoms with E-state index in [1.165, 1.54) is 62.0 Å². The number of nitrogens with zero attached hydrogens (tertiary/aromatic N) is 4. The maximum absolute atomic E-state index is 12.9. The summed E-state index contributed by atoms with van der Waals surface area (Å²) in [5.41, 5.74) is 8.19. The molecule has 0 spiro atoms. The normalized spacial score (nSPS) is 11.3. The molecule has 0 radical (unpaired) electrons. The van der Waals surface area contributed by atoms with Gasteiger partial charge >= 0.3 is 12.3 Å². The van der Waals surface area contributed by atoms with Gasteiger partial charge in [0.15, 0.2) is 0 Å². The number of amides is 1. The van der Waals surface area contributed by atoms with Crippen LogP contribution in [0.25, 0.3) is 28.1 Å². The number of anilines is 2. The van der Waals surface area contributed by atoms with Crippen LogP contribution in [0, 0.1) is 0 Å². The third-order valence-electron chi connectivity index (χ3n) is 5.75. The van der Waals surface area contributed by atoms with E-state index in [1.807, 2.05) is 0 Å². The molecule has 0 aliphatic rings. The number of nitrogens with one attached hydrogen (secondary N) is 1. The molecule has 0 fully saturated rings. The zero-order valence-electron chi connectivity index (χ0n) is 20.6. The van der Waals surface area contributed by atoms with Gasteiger partial charge in [-0.05, 0) is 60.7 Å². The standard InChI is InChI=1S/C27H19F3N6O4/c1-39-26(38)16-6-4-15(5-7-16)25(37)35-22-11-8-17(14-33-22)36-21-13-18(40-27(28,29)30)9-10-20(21)34-24(36)19-3-2-12-32-23(19)31/h2-14H,1H3,(H2,31,32)(H,33,35,37). The zero-order chi connectivity index (χ0) is 28.4. The van der Waals surface area contributed by atoms with Crippen LogP contribution in [0.4, 0.5) is 24.8 Å². The first-order valence-corrected chi connectivity index (χ1v) is 11.6. The predicted octanol–water partition coefficient (Wildman–Crippen LogP) is 5.00. The van der Waals surface area contributed by atoms with Crippen molar-refractivity contribution < 1.29 is 32.2 Å². The number of methoxy groups -OCH3 is 1. The second-order valence-corrected chi connectivity index (χ2v) is 8.33. The lowest BCUT2D eigenvalue weighted by molar-refractivity contribution is -0.274. The molecule has 40 heavy (non-hydrogen) atoms. The molecule has 10 nitrogen and oxygen atoms in total. The van der Waals surface area contributed by atoms with Crippen LogP contribution >= 0.6 is 0 Å². The van der Waals surface area contributed by atoms with E-state index >= 15 is 0 Å². The van der Waals surface area contributed by atoms with Gasteiger partial charge in [-0.15, -0.1) is 13.2 Å². The van der Waals surface area contributed by atoms with E-state index in [0.717, 1.165) is 6.07 Å². The number of carbonyl (C=O) groups excluding carboxylic acids is 2. The van der Waals surface area contributed by atoms with E-state index in [0.29, 0.717) is 33.7 Å². The summed E-state index contributed by atoms with van der Waals surface area (Å²) in [6.45, 7) is 0. The molecule has 0 atom stereocenters. The smallest absolute Gasteiger partial charge is 0.465 e. The van der Waals surface area contributed by atoms with Crippen molar-refractivity contribution in [3.05, 3.63) is 90.3 Å². The highest BCUT2D eigenvalue weighted by molar-refractivity contribution is 6.04. The highest BCUT2D eigenvalue weighted by Gasteiger charge is 2.31. The summed E-state index contributed by atoms with van der Waals surface area (Å²) >= 11 is 0. The number of hydrogen-bond donors (Lipinski definition) is 2. The average molecular weight is 548 g/mol. The van der Waals surface area contributed by atoms with E-state index in [4.69, 9.17) is 5.73 Å². The van der Waals surface area contributed by atoms with Gasteiger partial charge in [0.2, 0.25) is 0 Å². The Bertz CT molecular complexity index is 1720. The molecule has 5 aromatic rings. The Morgan fingerprint density at radius 2 is 1.73 bits per heavy atom. The van der Waals surface area contributed by atoms with Gasteiger partial charge in [0.05, 0.1) is 41.2 Å². The minimum atomic E-state index is -4.88. The molecular weight excluding hydrogens is 529 g/mol. The Labute approximate surface area is 224 Å². The Kier molecular flexibility index (Phi) is 6.78. The lowest BCUT2D eigenvalue weighted by Gasteiger charge is -2.12. The summed E-state index contributed by atoms with van der Waals surface area (Å²) in [5, 5.41) is 2.65. The van der Waals surface area contributed by atoms with Crippen molar-refractivity contribution >= 4 is 34.5 Å². The van der Waals surface area contributed by atoms with Crippen molar-refractivity contribution in [2.24, 2.45) is 0 Å². The van der Waals surface area contributed by atoms with Crippen LogP contribution < -0.4 is 15.8 Å². The van der Waals surface area contributed by atoms with Gasteiger partial charge < -0.3 is 20.5 Å². The Balaban J connectivity index is 1.50. The zero-order valence-corrected chi connectivity index (χ0v) is 20.6. The van der Waals surface area contributed by atoms with Gasteiger partial charge in [-0.25, -0.2) is 19.7 Å². The molecule has 13 heteroatoms. The quantitative estimate of drug-likeness (QED) is 0.283. The topological polar surface area (TPSA) is 134 Å². The predicted molar refractivity (Wildman–Crippen MR) is 139 cm³/mol. The van der Waals surface area contributed by atoms with E-state index in [2.05, 4.69) is 29.7 Å². The SMILES string of the molecule is COC(=O)c1ccc(C(=O)Nc2ccc(-n3c(-c4cccnc4N)nc4ccc(OC(F)(F)F)cc43)cn2)cc1. The molecule has 0 unspecified atom stereocenters. The molecule has 0 saturated carbocycles. The van der Waals surface area contributed by atoms with Crippen LogP contribution in [-0.2, 0) is 4.74 Å². The molecule has 202 valence electrons.